The Morgan fingerprint density at radius 1 is 1.40 bits per heavy atom. The zero-order valence-electron chi connectivity index (χ0n) is 12.4. The predicted octanol–water partition coefficient (Wildman–Crippen LogP) is 2.47. The minimum Gasteiger partial charge on any atom is -0.307 e. The van der Waals surface area contributed by atoms with Gasteiger partial charge in [-0.25, -0.2) is 4.98 Å². The highest BCUT2D eigenvalue weighted by Crippen LogP contribution is 2.29. The van der Waals surface area contributed by atoms with Gasteiger partial charge in [-0.3, -0.25) is 4.68 Å². The Morgan fingerprint density at radius 3 is 2.90 bits per heavy atom. The maximum atomic E-state index is 6.13. The van der Waals surface area contributed by atoms with Crippen molar-refractivity contribution in [3.8, 4) is 0 Å². The number of hydrogen-bond acceptors (Lipinski definition) is 3. The van der Waals surface area contributed by atoms with E-state index < -0.39 is 0 Å². The van der Waals surface area contributed by atoms with Gasteiger partial charge in [0, 0.05) is 19.6 Å². The van der Waals surface area contributed by atoms with Gasteiger partial charge in [0.15, 0.2) is 5.65 Å². The standard InChI is InChI=1S/C14H22ClN5/c1-4-19-7-5-6-11(9-19)20-12(8-15)16-13-10(2)17-18(3)14(13)20/h11H,4-9H2,1-3H3. The van der Waals surface area contributed by atoms with E-state index in [0.29, 0.717) is 11.9 Å². The van der Waals surface area contributed by atoms with Crippen molar-refractivity contribution in [3.63, 3.8) is 0 Å². The molecule has 3 heterocycles. The van der Waals surface area contributed by atoms with Gasteiger partial charge >= 0.3 is 0 Å². The summed E-state index contributed by atoms with van der Waals surface area (Å²) in [5.74, 6) is 1.43. The van der Waals surface area contributed by atoms with E-state index >= 15 is 0 Å². The van der Waals surface area contributed by atoms with Crippen LogP contribution in [-0.4, -0.2) is 43.9 Å². The lowest BCUT2D eigenvalue weighted by Crippen LogP contribution is -2.37. The first kappa shape index (κ1) is 13.9. The fourth-order valence-corrected chi connectivity index (χ4v) is 3.54. The summed E-state index contributed by atoms with van der Waals surface area (Å²) < 4.78 is 4.27. The van der Waals surface area contributed by atoms with Crippen molar-refractivity contribution in [2.45, 2.75) is 38.6 Å². The summed E-state index contributed by atoms with van der Waals surface area (Å²) >= 11 is 6.13. The third kappa shape index (κ3) is 2.13. The molecule has 1 aliphatic rings. The Kier molecular flexibility index (Phi) is 3.73. The van der Waals surface area contributed by atoms with Crippen molar-refractivity contribution in [3.05, 3.63) is 11.5 Å². The molecule has 2 aromatic heterocycles. The molecule has 0 radical (unpaired) electrons. The van der Waals surface area contributed by atoms with Crippen molar-refractivity contribution in [1.82, 2.24) is 24.2 Å². The summed E-state index contributed by atoms with van der Waals surface area (Å²) in [6.45, 7) is 7.62. The topological polar surface area (TPSA) is 38.9 Å². The average Bonchev–Trinajstić information content (AvgIpc) is 2.98. The van der Waals surface area contributed by atoms with Crippen molar-refractivity contribution in [2.75, 3.05) is 19.6 Å². The number of halogens is 1. The smallest absolute Gasteiger partial charge is 0.159 e. The van der Waals surface area contributed by atoms with E-state index in [-0.39, 0.29) is 0 Å². The molecule has 0 aromatic carbocycles. The van der Waals surface area contributed by atoms with Crippen LogP contribution < -0.4 is 0 Å². The van der Waals surface area contributed by atoms with E-state index in [1.165, 1.54) is 19.4 Å². The highest BCUT2D eigenvalue weighted by Gasteiger charge is 2.26. The molecular formula is C14H22ClN5. The Balaban J connectivity index is 2.09. The molecule has 2 aromatic rings. The van der Waals surface area contributed by atoms with Gasteiger partial charge in [-0.05, 0) is 32.9 Å². The Bertz CT molecular complexity index is 615. The normalized spacial score (nSPS) is 20.9. The van der Waals surface area contributed by atoms with E-state index in [0.717, 1.165) is 35.8 Å². The molecule has 1 fully saturated rings. The van der Waals surface area contributed by atoms with Gasteiger partial charge in [-0.1, -0.05) is 6.92 Å². The van der Waals surface area contributed by atoms with E-state index in [1.807, 2.05) is 18.7 Å². The lowest BCUT2D eigenvalue weighted by atomic mass is 10.1. The van der Waals surface area contributed by atoms with Gasteiger partial charge < -0.3 is 9.47 Å². The van der Waals surface area contributed by atoms with E-state index in [4.69, 9.17) is 16.6 Å². The first-order chi connectivity index (χ1) is 9.65. The molecule has 5 nitrogen and oxygen atoms in total. The number of likely N-dealkylation sites (N-methyl/N-ethyl adjacent to an activating group) is 1. The number of aryl methyl sites for hydroxylation is 2. The molecule has 6 heteroatoms. The fourth-order valence-electron chi connectivity index (χ4n) is 3.35. The largest absolute Gasteiger partial charge is 0.307 e. The lowest BCUT2D eigenvalue weighted by Gasteiger charge is -2.33. The number of alkyl halides is 1. The minimum absolute atomic E-state index is 0.455. The molecule has 1 atom stereocenters. The number of imidazole rings is 1. The number of nitrogens with zero attached hydrogens (tertiary/aromatic N) is 5. The summed E-state index contributed by atoms with van der Waals surface area (Å²) in [6, 6.07) is 0.456. The monoisotopic (exact) mass is 295 g/mol. The van der Waals surface area contributed by atoms with Gasteiger partial charge in [-0.2, -0.15) is 5.10 Å². The van der Waals surface area contributed by atoms with Crippen LogP contribution in [0.5, 0.6) is 0 Å². The van der Waals surface area contributed by atoms with E-state index in [9.17, 15) is 0 Å². The average molecular weight is 296 g/mol. The lowest BCUT2D eigenvalue weighted by molar-refractivity contribution is 0.185. The molecule has 20 heavy (non-hydrogen) atoms. The predicted molar refractivity (Wildman–Crippen MR) is 81.2 cm³/mol. The Labute approximate surface area is 124 Å². The third-order valence-corrected chi connectivity index (χ3v) is 4.56. The van der Waals surface area contributed by atoms with E-state index in [2.05, 4.69) is 21.5 Å². The van der Waals surface area contributed by atoms with Crippen LogP contribution in [0.4, 0.5) is 0 Å². The molecule has 110 valence electrons. The van der Waals surface area contributed by atoms with Crippen molar-refractivity contribution < 1.29 is 0 Å². The first-order valence-corrected chi connectivity index (χ1v) is 7.87. The van der Waals surface area contributed by atoms with Crippen LogP contribution in [0.15, 0.2) is 0 Å². The molecule has 1 saturated heterocycles. The van der Waals surface area contributed by atoms with Crippen LogP contribution in [0.3, 0.4) is 0 Å². The van der Waals surface area contributed by atoms with Gasteiger partial charge in [0.05, 0.1) is 11.6 Å². The summed E-state index contributed by atoms with van der Waals surface area (Å²) in [5, 5.41) is 4.50. The van der Waals surface area contributed by atoms with Crippen molar-refractivity contribution in [1.29, 1.82) is 0 Å². The number of piperidine rings is 1. The molecule has 1 aliphatic heterocycles. The Morgan fingerprint density at radius 2 is 2.20 bits per heavy atom. The molecule has 0 N–H and O–H groups in total. The van der Waals surface area contributed by atoms with Crippen LogP contribution in [0, 0.1) is 6.92 Å². The second-order valence-electron chi connectivity index (χ2n) is 5.60. The van der Waals surface area contributed by atoms with Crippen LogP contribution in [0.1, 0.15) is 37.3 Å². The third-order valence-electron chi connectivity index (χ3n) is 4.32. The summed E-state index contributed by atoms with van der Waals surface area (Å²) in [5.41, 5.74) is 3.09. The maximum absolute atomic E-state index is 6.13. The molecular weight excluding hydrogens is 274 g/mol. The fraction of sp³-hybridized carbons (Fsp3) is 0.714. The van der Waals surface area contributed by atoms with Gasteiger partial charge in [0.1, 0.15) is 11.3 Å². The molecule has 0 spiro atoms. The zero-order chi connectivity index (χ0) is 14.3. The number of fused-ring (bicyclic) bond motifs is 1. The first-order valence-electron chi connectivity index (χ1n) is 7.34. The van der Waals surface area contributed by atoms with Crippen LogP contribution in [-0.2, 0) is 12.9 Å². The number of likely N-dealkylation sites (tertiary alicyclic amines) is 1. The quantitative estimate of drug-likeness (QED) is 0.817. The van der Waals surface area contributed by atoms with Crippen molar-refractivity contribution in [2.24, 2.45) is 7.05 Å². The Hall–Kier alpha value is -1.07. The van der Waals surface area contributed by atoms with Gasteiger partial charge in [0.2, 0.25) is 0 Å². The molecule has 0 bridgehead atoms. The molecule has 1 unspecified atom stereocenters. The number of hydrogen-bond donors (Lipinski definition) is 0. The summed E-state index contributed by atoms with van der Waals surface area (Å²) in [6.07, 6.45) is 2.42. The maximum Gasteiger partial charge on any atom is 0.159 e. The van der Waals surface area contributed by atoms with Gasteiger partial charge in [-0.15, -0.1) is 11.6 Å². The van der Waals surface area contributed by atoms with Crippen LogP contribution in [0.25, 0.3) is 11.2 Å². The van der Waals surface area contributed by atoms with Crippen LogP contribution in [0.2, 0.25) is 0 Å². The highest BCUT2D eigenvalue weighted by atomic mass is 35.5. The summed E-state index contributed by atoms with van der Waals surface area (Å²) in [7, 11) is 1.99. The molecule has 0 aliphatic carbocycles. The minimum atomic E-state index is 0.455. The highest BCUT2D eigenvalue weighted by molar-refractivity contribution is 6.16. The van der Waals surface area contributed by atoms with E-state index in [1.54, 1.807) is 0 Å². The SMILES string of the molecule is CCN1CCCC(n2c(CCl)nc3c(C)nn(C)c32)C1. The summed E-state index contributed by atoms with van der Waals surface area (Å²) in [4.78, 5) is 7.21. The molecule has 0 amide bonds. The van der Waals surface area contributed by atoms with Gasteiger partial charge in [0.25, 0.3) is 0 Å². The molecule has 0 saturated carbocycles. The second-order valence-corrected chi connectivity index (χ2v) is 5.87. The number of rotatable bonds is 3. The van der Waals surface area contributed by atoms with Crippen molar-refractivity contribution >= 4 is 22.8 Å². The second kappa shape index (κ2) is 5.37. The van der Waals surface area contributed by atoms with Crippen LogP contribution >= 0.6 is 11.6 Å². The molecule has 3 rings (SSSR count). The number of aromatic nitrogens is 4. The zero-order valence-corrected chi connectivity index (χ0v) is 13.2.